The van der Waals surface area contributed by atoms with Gasteiger partial charge < -0.3 is 14.8 Å². The van der Waals surface area contributed by atoms with Gasteiger partial charge in [0.05, 0.1) is 23.5 Å². The van der Waals surface area contributed by atoms with Crippen LogP contribution >= 0.6 is 0 Å². The quantitative estimate of drug-likeness (QED) is 0.896. The van der Waals surface area contributed by atoms with Gasteiger partial charge in [-0.25, -0.2) is 13.8 Å². The summed E-state index contributed by atoms with van der Waals surface area (Å²) in [5.41, 5.74) is 1.72. The molecule has 0 radical (unpaired) electrons. The molecule has 142 valence electrons. The van der Waals surface area contributed by atoms with Gasteiger partial charge in [0.25, 0.3) is 0 Å². The summed E-state index contributed by atoms with van der Waals surface area (Å²) in [5.74, 6) is -1.08. The average molecular weight is 374 g/mol. The lowest BCUT2D eigenvalue weighted by Gasteiger charge is -2.32. The zero-order valence-corrected chi connectivity index (χ0v) is 15.0. The van der Waals surface area contributed by atoms with Crippen LogP contribution in [0.5, 0.6) is 0 Å². The molecule has 2 amide bonds. The summed E-state index contributed by atoms with van der Waals surface area (Å²) in [4.78, 5) is 35.5. The minimum Gasteiger partial charge on any atom is -0.340 e. The molecule has 1 N–H and O–H groups in total. The highest BCUT2D eigenvalue weighted by Crippen LogP contribution is 2.26. The lowest BCUT2D eigenvalue weighted by Crippen LogP contribution is -2.49. The van der Waals surface area contributed by atoms with E-state index in [4.69, 9.17) is 0 Å². The topological polar surface area (TPSA) is 69.3 Å². The number of rotatable bonds is 3. The molecule has 27 heavy (non-hydrogen) atoms. The largest absolute Gasteiger partial charge is 0.340 e. The second kappa shape index (κ2) is 6.75. The fraction of sp³-hybridized carbons (Fsp3) is 0.421. The van der Waals surface area contributed by atoms with Gasteiger partial charge in [-0.15, -0.1) is 0 Å². The Morgan fingerprint density at radius 3 is 2.78 bits per heavy atom. The van der Waals surface area contributed by atoms with Gasteiger partial charge in [-0.05, 0) is 25.5 Å². The Hall–Kier alpha value is -2.77. The number of aromatic nitrogens is 2. The summed E-state index contributed by atoms with van der Waals surface area (Å²) >= 11 is 0. The van der Waals surface area contributed by atoms with Gasteiger partial charge in [0.15, 0.2) is 0 Å². The predicted octanol–water partition coefficient (Wildman–Crippen LogP) is 2.25. The van der Waals surface area contributed by atoms with Crippen LogP contribution in [0.15, 0.2) is 18.2 Å². The highest BCUT2D eigenvalue weighted by Gasteiger charge is 2.34. The van der Waals surface area contributed by atoms with Crippen molar-refractivity contribution in [2.45, 2.75) is 38.8 Å². The van der Waals surface area contributed by atoms with Crippen LogP contribution in [0.4, 0.5) is 8.78 Å². The molecule has 4 rings (SSSR count). The normalized spacial score (nSPS) is 18.0. The molecule has 3 heterocycles. The molecule has 0 bridgehead atoms. The molecule has 0 aliphatic carbocycles. The predicted molar refractivity (Wildman–Crippen MR) is 93.5 cm³/mol. The Kier molecular flexibility index (Phi) is 4.41. The summed E-state index contributed by atoms with van der Waals surface area (Å²) in [6, 6.07) is 2.86. The lowest BCUT2D eigenvalue weighted by atomic mass is 10.1. The summed E-state index contributed by atoms with van der Waals surface area (Å²) < 4.78 is 27.1. The number of hydrogen-bond donors (Lipinski definition) is 1. The number of hydrogen-bond acceptors (Lipinski definition) is 3. The molecule has 0 saturated carbocycles. The number of carbonyl (C=O) groups excluding carboxylic acids is 2. The molecule has 0 unspecified atom stereocenters. The summed E-state index contributed by atoms with van der Waals surface area (Å²) in [6.45, 7) is 3.20. The van der Waals surface area contributed by atoms with E-state index in [2.05, 4.69) is 9.97 Å². The highest BCUT2D eigenvalue weighted by atomic mass is 19.1. The Morgan fingerprint density at radius 2 is 2.07 bits per heavy atom. The molecule has 8 heteroatoms. The number of halogens is 2. The number of aromatic amines is 1. The van der Waals surface area contributed by atoms with Crippen LogP contribution in [-0.4, -0.2) is 50.7 Å². The van der Waals surface area contributed by atoms with Crippen molar-refractivity contribution in [1.29, 1.82) is 0 Å². The van der Waals surface area contributed by atoms with E-state index in [1.807, 2.05) is 0 Å². The highest BCUT2D eigenvalue weighted by molar-refractivity contribution is 5.88. The van der Waals surface area contributed by atoms with Crippen molar-refractivity contribution >= 4 is 11.8 Å². The summed E-state index contributed by atoms with van der Waals surface area (Å²) in [6.07, 6.45) is 1.82. The van der Waals surface area contributed by atoms with Crippen molar-refractivity contribution in [1.82, 2.24) is 19.8 Å². The van der Waals surface area contributed by atoms with E-state index in [0.717, 1.165) is 23.9 Å². The van der Waals surface area contributed by atoms with Crippen LogP contribution in [0.25, 0.3) is 11.4 Å². The van der Waals surface area contributed by atoms with Gasteiger partial charge in [-0.3, -0.25) is 9.59 Å². The smallest absolute Gasteiger partial charge is 0.245 e. The number of nitrogens with zero attached hydrogens (tertiary/aromatic N) is 3. The maximum Gasteiger partial charge on any atom is 0.245 e. The first-order valence-electron chi connectivity index (χ1n) is 9.05. The van der Waals surface area contributed by atoms with E-state index in [-0.39, 0.29) is 17.4 Å². The third-order valence-corrected chi connectivity index (χ3v) is 5.26. The number of fused-ring (bicyclic) bond motifs is 1. The number of carbonyl (C=O) groups is 2. The molecular weight excluding hydrogens is 354 g/mol. The van der Waals surface area contributed by atoms with E-state index >= 15 is 0 Å². The van der Waals surface area contributed by atoms with Gasteiger partial charge in [-0.2, -0.15) is 0 Å². The zero-order valence-electron chi connectivity index (χ0n) is 15.0. The van der Waals surface area contributed by atoms with Gasteiger partial charge in [-0.1, -0.05) is 0 Å². The molecule has 1 saturated heterocycles. The summed E-state index contributed by atoms with van der Waals surface area (Å²) in [7, 11) is 0. The molecular formula is C19H20F2N4O2. The van der Waals surface area contributed by atoms with Gasteiger partial charge in [0.1, 0.15) is 23.5 Å². The first kappa shape index (κ1) is 17.6. The van der Waals surface area contributed by atoms with Gasteiger partial charge in [0, 0.05) is 32.0 Å². The lowest BCUT2D eigenvalue weighted by molar-refractivity contribution is -0.143. The third-order valence-electron chi connectivity index (χ3n) is 5.26. The number of imidazole rings is 1. The Labute approximate surface area is 155 Å². The average Bonchev–Trinajstić information content (AvgIpc) is 3.25. The molecule has 2 aliphatic heterocycles. The maximum absolute atomic E-state index is 14.0. The second-order valence-electron chi connectivity index (χ2n) is 7.01. The van der Waals surface area contributed by atoms with Crippen LogP contribution in [-0.2, 0) is 22.6 Å². The standard InChI is InChI=1S/C19H20F2N4O2/c1-11(25-7-2-3-17(25)26)19(27)24-8-6-15-16(10-24)23-18(22-15)13-5-4-12(20)9-14(13)21/h4-5,9,11H,2-3,6-8,10H2,1H3,(H,22,23)/t11-/m1/s1. The molecule has 2 aliphatic rings. The minimum absolute atomic E-state index is 0.0177. The van der Waals surface area contributed by atoms with Crippen molar-refractivity contribution < 1.29 is 18.4 Å². The van der Waals surface area contributed by atoms with Crippen LogP contribution in [0, 0.1) is 11.6 Å². The second-order valence-corrected chi connectivity index (χ2v) is 7.01. The first-order chi connectivity index (χ1) is 12.9. The first-order valence-corrected chi connectivity index (χ1v) is 9.05. The Morgan fingerprint density at radius 1 is 1.26 bits per heavy atom. The number of benzene rings is 1. The van der Waals surface area contributed by atoms with Crippen LogP contribution in [0.3, 0.4) is 0 Å². The number of H-pyrrole nitrogens is 1. The molecule has 1 aromatic heterocycles. The van der Waals surface area contributed by atoms with E-state index in [1.165, 1.54) is 12.1 Å². The fourth-order valence-electron chi connectivity index (χ4n) is 3.77. The van der Waals surface area contributed by atoms with Crippen LogP contribution < -0.4 is 0 Å². The van der Waals surface area contributed by atoms with E-state index in [0.29, 0.717) is 38.3 Å². The molecule has 1 fully saturated rings. The molecule has 2 aromatic rings. The summed E-state index contributed by atoms with van der Waals surface area (Å²) in [5, 5.41) is 0. The van der Waals surface area contributed by atoms with E-state index < -0.39 is 17.7 Å². The molecule has 1 aromatic carbocycles. The maximum atomic E-state index is 14.0. The van der Waals surface area contributed by atoms with E-state index in [9.17, 15) is 18.4 Å². The SMILES string of the molecule is C[C@H](C(=O)N1CCc2nc(-c3ccc(F)cc3F)[nH]c2C1)N1CCCC1=O. The van der Waals surface area contributed by atoms with Crippen molar-refractivity contribution in [2.75, 3.05) is 13.1 Å². The Bertz CT molecular complexity index is 911. The van der Waals surface area contributed by atoms with Crippen molar-refractivity contribution in [2.24, 2.45) is 0 Å². The van der Waals surface area contributed by atoms with Gasteiger partial charge >= 0.3 is 0 Å². The van der Waals surface area contributed by atoms with Gasteiger partial charge in [0.2, 0.25) is 11.8 Å². The fourth-order valence-corrected chi connectivity index (χ4v) is 3.77. The minimum atomic E-state index is -0.685. The molecule has 6 nitrogen and oxygen atoms in total. The number of likely N-dealkylation sites (tertiary alicyclic amines) is 1. The van der Waals surface area contributed by atoms with Crippen molar-refractivity contribution in [3.63, 3.8) is 0 Å². The van der Waals surface area contributed by atoms with Crippen molar-refractivity contribution in [3.8, 4) is 11.4 Å². The number of nitrogens with one attached hydrogen (secondary N) is 1. The van der Waals surface area contributed by atoms with E-state index in [1.54, 1.807) is 16.7 Å². The van der Waals surface area contributed by atoms with Crippen LogP contribution in [0.1, 0.15) is 31.2 Å². The molecule has 1 atom stereocenters. The molecule has 0 spiro atoms. The van der Waals surface area contributed by atoms with Crippen molar-refractivity contribution in [3.05, 3.63) is 41.2 Å². The monoisotopic (exact) mass is 374 g/mol. The van der Waals surface area contributed by atoms with Crippen LogP contribution in [0.2, 0.25) is 0 Å². The Balaban J connectivity index is 1.52. The number of amides is 2. The third kappa shape index (κ3) is 3.20. The zero-order chi connectivity index (χ0) is 19.1.